The average molecular weight is 596 g/mol. The van der Waals surface area contributed by atoms with E-state index in [1.54, 1.807) is 55.5 Å². The van der Waals surface area contributed by atoms with Crippen molar-refractivity contribution in [2.75, 3.05) is 17.5 Å². The predicted octanol–water partition coefficient (Wildman–Crippen LogP) is 5.20. The zero-order valence-corrected chi connectivity index (χ0v) is 25.1. The molecule has 0 heterocycles. The van der Waals surface area contributed by atoms with Crippen molar-refractivity contribution in [3.05, 3.63) is 89.7 Å². The third kappa shape index (κ3) is 7.67. The van der Waals surface area contributed by atoms with Crippen LogP contribution < -0.4 is 14.4 Å². The normalized spacial score (nSPS) is 14.3. The molecule has 1 fully saturated rings. The smallest absolute Gasteiger partial charge is 0.264 e. The number of anilines is 1. The number of carbonyl (C=O) groups is 2. The molecule has 0 unspecified atom stereocenters. The van der Waals surface area contributed by atoms with Crippen molar-refractivity contribution in [3.8, 4) is 5.75 Å². The molecule has 42 heavy (non-hydrogen) atoms. The lowest BCUT2D eigenvalue weighted by Crippen LogP contribution is -2.52. The van der Waals surface area contributed by atoms with Gasteiger partial charge in [-0.1, -0.05) is 42.7 Å². The number of halogens is 1. The van der Waals surface area contributed by atoms with Crippen LogP contribution >= 0.6 is 0 Å². The van der Waals surface area contributed by atoms with Crippen molar-refractivity contribution in [2.24, 2.45) is 0 Å². The summed E-state index contributed by atoms with van der Waals surface area (Å²) >= 11 is 0. The Labute approximate surface area is 247 Å². The third-order valence-electron chi connectivity index (χ3n) is 7.46. The van der Waals surface area contributed by atoms with Crippen LogP contribution in [0.5, 0.6) is 5.75 Å². The number of ether oxygens (including phenoxy) is 1. The summed E-state index contributed by atoms with van der Waals surface area (Å²) in [6, 6.07) is 17.7. The van der Waals surface area contributed by atoms with Crippen LogP contribution in [0.3, 0.4) is 0 Å². The Morgan fingerprint density at radius 3 is 2.19 bits per heavy atom. The maximum absolute atomic E-state index is 14.0. The fourth-order valence-electron chi connectivity index (χ4n) is 5.00. The summed E-state index contributed by atoms with van der Waals surface area (Å²) in [7, 11) is -4.19. The predicted molar refractivity (Wildman–Crippen MR) is 160 cm³/mol. The standard InChI is InChI=1S/C32H38FN3O5S/c1-4-41-29-17-19-30(20-18-29)42(39,40)36(28-15-9-23(2)10-16-28)22-31(37)35(21-25-11-13-26(33)14-12-25)24(3)32(38)34-27-7-5-6-8-27/h9-20,24,27H,4-8,21-22H2,1-3H3,(H,34,38)/t24-/m0/s1. The Morgan fingerprint density at radius 2 is 1.60 bits per heavy atom. The first-order chi connectivity index (χ1) is 20.1. The van der Waals surface area contributed by atoms with E-state index in [1.807, 2.05) is 13.8 Å². The largest absolute Gasteiger partial charge is 0.494 e. The van der Waals surface area contributed by atoms with E-state index in [-0.39, 0.29) is 23.4 Å². The van der Waals surface area contributed by atoms with Gasteiger partial charge in [-0.25, -0.2) is 12.8 Å². The van der Waals surface area contributed by atoms with Crippen LogP contribution in [0.4, 0.5) is 10.1 Å². The Balaban J connectivity index is 1.67. The monoisotopic (exact) mass is 595 g/mol. The summed E-state index contributed by atoms with van der Waals surface area (Å²) in [5.41, 5.74) is 1.85. The molecule has 2 amide bonds. The van der Waals surface area contributed by atoms with Crippen molar-refractivity contribution in [1.82, 2.24) is 10.2 Å². The topological polar surface area (TPSA) is 96.0 Å². The highest BCUT2D eigenvalue weighted by Gasteiger charge is 2.33. The lowest BCUT2D eigenvalue weighted by Gasteiger charge is -2.32. The van der Waals surface area contributed by atoms with Crippen molar-refractivity contribution in [2.45, 2.75) is 70.0 Å². The minimum Gasteiger partial charge on any atom is -0.494 e. The van der Waals surface area contributed by atoms with Gasteiger partial charge in [0.25, 0.3) is 10.0 Å². The van der Waals surface area contributed by atoms with E-state index < -0.39 is 34.3 Å². The highest BCUT2D eigenvalue weighted by atomic mass is 32.2. The molecule has 8 nitrogen and oxygen atoms in total. The zero-order valence-electron chi connectivity index (χ0n) is 24.3. The molecule has 10 heteroatoms. The van der Waals surface area contributed by atoms with Crippen molar-refractivity contribution in [1.29, 1.82) is 0 Å². The molecule has 1 N–H and O–H groups in total. The van der Waals surface area contributed by atoms with Crippen LogP contribution in [-0.4, -0.2) is 50.4 Å². The average Bonchev–Trinajstić information content (AvgIpc) is 3.49. The molecule has 3 aromatic rings. The minimum atomic E-state index is -4.19. The van der Waals surface area contributed by atoms with Gasteiger partial charge >= 0.3 is 0 Å². The number of carbonyl (C=O) groups excluding carboxylic acids is 2. The third-order valence-corrected chi connectivity index (χ3v) is 9.25. The van der Waals surface area contributed by atoms with Gasteiger partial charge in [0.15, 0.2) is 0 Å². The van der Waals surface area contributed by atoms with Gasteiger partial charge in [-0.15, -0.1) is 0 Å². The summed E-state index contributed by atoms with van der Waals surface area (Å²) in [6.07, 6.45) is 3.83. The fourth-order valence-corrected chi connectivity index (χ4v) is 6.42. The first-order valence-electron chi connectivity index (χ1n) is 14.2. The molecule has 0 spiro atoms. The fraction of sp³-hybridized carbons (Fsp3) is 0.375. The molecular formula is C32H38FN3O5S. The number of benzene rings is 3. The summed E-state index contributed by atoms with van der Waals surface area (Å²) in [6.45, 7) is 5.25. The Hall–Kier alpha value is -3.92. The lowest BCUT2D eigenvalue weighted by atomic mass is 10.1. The molecular weight excluding hydrogens is 557 g/mol. The highest BCUT2D eigenvalue weighted by Crippen LogP contribution is 2.27. The highest BCUT2D eigenvalue weighted by molar-refractivity contribution is 7.92. The van der Waals surface area contributed by atoms with Crippen molar-refractivity contribution in [3.63, 3.8) is 0 Å². The molecule has 4 rings (SSSR count). The minimum absolute atomic E-state index is 0.00318. The molecule has 1 aliphatic rings. The SMILES string of the molecule is CCOc1ccc(S(=O)(=O)N(CC(=O)N(Cc2ccc(F)cc2)[C@@H](C)C(=O)NC2CCCC2)c2ccc(C)cc2)cc1. The molecule has 0 bridgehead atoms. The lowest BCUT2D eigenvalue weighted by molar-refractivity contribution is -0.139. The second kappa shape index (κ2) is 13.8. The van der Waals surface area contributed by atoms with Gasteiger partial charge in [-0.3, -0.25) is 13.9 Å². The Morgan fingerprint density at radius 1 is 0.976 bits per heavy atom. The maximum Gasteiger partial charge on any atom is 0.264 e. The van der Waals surface area contributed by atoms with E-state index in [1.165, 1.54) is 29.2 Å². The molecule has 1 saturated carbocycles. The van der Waals surface area contributed by atoms with Gasteiger partial charge < -0.3 is 15.0 Å². The second-order valence-electron chi connectivity index (χ2n) is 10.6. The number of sulfonamides is 1. The van der Waals surface area contributed by atoms with Crippen molar-refractivity contribution >= 4 is 27.5 Å². The van der Waals surface area contributed by atoms with Gasteiger partial charge in [-0.2, -0.15) is 0 Å². The number of nitrogens with zero attached hydrogens (tertiary/aromatic N) is 2. The van der Waals surface area contributed by atoms with Gasteiger partial charge in [0.2, 0.25) is 11.8 Å². The summed E-state index contributed by atoms with van der Waals surface area (Å²) < 4.78 is 48.1. The van der Waals surface area contributed by atoms with E-state index in [9.17, 15) is 22.4 Å². The summed E-state index contributed by atoms with van der Waals surface area (Å²) in [4.78, 5) is 28.6. The van der Waals surface area contributed by atoms with E-state index >= 15 is 0 Å². The number of rotatable bonds is 12. The van der Waals surface area contributed by atoms with Gasteiger partial charge in [0.1, 0.15) is 24.2 Å². The quantitative estimate of drug-likeness (QED) is 0.310. The molecule has 0 aliphatic heterocycles. The van der Waals surface area contributed by atoms with E-state index in [0.29, 0.717) is 23.6 Å². The number of hydrogen-bond donors (Lipinski definition) is 1. The van der Waals surface area contributed by atoms with Gasteiger partial charge in [0.05, 0.1) is 17.2 Å². The van der Waals surface area contributed by atoms with E-state index in [2.05, 4.69) is 5.32 Å². The zero-order chi connectivity index (χ0) is 30.3. The van der Waals surface area contributed by atoms with Crippen molar-refractivity contribution < 1.29 is 27.1 Å². The van der Waals surface area contributed by atoms with E-state index in [0.717, 1.165) is 35.6 Å². The van der Waals surface area contributed by atoms with E-state index in [4.69, 9.17) is 4.74 Å². The molecule has 0 radical (unpaired) electrons. The Bertz CT molecular complexity index is 1460. The second-order valence-corrected chi connectivity index (χ2v) is 12.4. The van der Waals surface area contributed by atoms with Crippen LogP contribution in [0.25, 0.3) is 0 Å². The first-order valence-corrected chi connectivity index (χ1v) is 15.7. The molecule has 0 aromatic heterocycles. The van der Waals surface area contributed by atoms with Gasteiger partial charge in [-0.05, 0) is 87.7 Å². The number of amides is 2. The first kappa shape index (κ1) is 31.0. The van der Waals surface area contributed by atoms with Crippen LogP contribution in [0.2, 0.25) is 0 Å². The number of aryl methyl sites for hydroxylation is 1. The number of nitrogens with one attached hydrogen (secondary N) is 1. The molecule has 0 saturated heterocycles. The van der Waals surface area contributed by atoms with Crippen LogP contribution in [0.15, 0.2) is 77.7 Å². The molecule has 224 valence electrons. The van der Waals surface area contributed by atoms with Crippen LogP contribution in [-0.2, 0) is 26.2 Å². The molecule has 3 aromatic carbocycles. The summed E-state index contributed by atoms with van der Waals surface area (Å²) in [5.74, 6) is -0.769. The maximum atomic E-state index is 14.0. The molecule has 1 aliphatic carbocycles. The summed E-state index contributed by atoms with van der Waals surface area (Å²) in [5, 5.41) is 3.04. The van der Waals surface area contributed by atoms with Crippen LogP contribution in [0.1, 0.15) is 50.7 Å². The molecule has 1 atom stereocenters. The van der Waals surface area contributed by atoms with Gasteiger partial charge in [0, 0.05) is 12.6 Å². The van der Waals surface area contributed by atoms with Crippen LogP contribution in [0, 0.1) is 12.7 Å². The Kier molecular flexibility index (Phi) is 10.2. The number of hydrogen-bond acceptors (Lipinski definition) is 5.